The number of aromatic nitrogens is 1. The number of carboxylic acid groups (broad SMARTS) is 1. The third kappa shape index (κ3) is 4.04. The average molecular weight is 251 g/mol. The number of amides is 2. The summed E-state index contributed by atoms with van der Waals surface area (Å²) in [6.07, 6.45) is 3.19. The van der Waals surface area contributed by atoms with Gasteiger partial charge in [0.1, 0.15) is 6.54 Å². The lowest BCUT2D eigenvalue weighted by molar-refractivity contribution is -0.137. The summed E-state index contributed by atoms with van der Waals surface area (Å²) >= 11 is 0. The topological polar surface area (TPSA) is 82.5 Å². The molecule has 2 N–H and O–H groups in total. The van der Waals surface area contributed by atoms with Crippen molar-refractivity contribution in [3.63, 3.8) is 0 Å². The van der Waals surface area contributed by atoms with Crippen molar-refractivity contribution in [2.75, 3.05) is 11.9 Å². The highest BCUT2D eigenvalue weighted by molar-refractivity contribution is 5.91. The number of carbonyl (C=O) groups excluding carboxylic acids is 1. The van der Waals surface area contributed by atoms with Crippen LogP contribution < -0.4 is 5.32 Å². The number of carbonyl (C=O) groups is 2. The molecule has 0 atom stereocenters. The minimum atomic E-state index is -1.04. The highest BCUT2D eigenvalue weighted by atomic mass is 16.4. The summed E-state index contributed by atoms with van der Waals surface area (Å²) in [5.41, 5.74) is 1.47. The van der Waals surface area contributed by atoms with E-state index in [2.05, 4.69) is 10.3 Å². The van der Waals surface area contributed by atoms with E-state index in [0.29, 0.717) is 5.69 Å². The number of pyridine rings is 1. The minimum absolute atomic E-state index is 0.195. The molecule has 0 bridgehead atoms. The largest absolute Gasteiger partial charge is 0.480 e. The Bertz CT molecular complexity index is 446. The molecule has 0 unspecified atom stereocenters. The highest BCUT2D eigenvalue weighted by Crippen LogP contribution is 2.09. The predicted molar refractivity (Wildman–Crippen MR) is 67.5 cm³/mol. The number of urea groups is 1. The Hall–Kier alpha value is -2.11. The molecule has 0 aromatic carbocycles. The molecular weight excluding hydrogens is 234 g/mol. The second-order valence-electron chi connectivity index (χ2n) is 4.30. The third-order valence-electron chi connectivity index (χ3n) is 2.32. The molecular formula is C12H17N3O3. The van der Waals surface area contributed by atoms with E-state index in [-0.39, 0.29) is 12.6 Å². The van der Waals surface area contributed by atoms with Gasteiger partial charge in [-0.25, -0.2) is 4.79 Å². The maximum absolute atomic E-state index is 11.9. The summed E-state index contributed by atoms with van der Waals surface area (Å²) in [5.74, 6) is -1.04. The van der Waals surface area contributed by atoms with Crippen LogP contribution in [0.25, 0.3) is 0 Å². The number of nitrogens with zero attached hydrogens (tertiary/aromatic N) is 2. The molecule has 0 aliphatic carbocycles. The summed E-state index contributed by atoms with van der Waals surface area (Å²) in [6, 6.07) is 1.13. The molecule has 1 aromatic heterocycles. The minimum Gasteiger partial charge on any atom is -0.480 e. The van der Waals surface area contributed by atoms with Gasteiger partial charge in [0.25, 0.3) is 0 Å². The molecule has 1 heterocycles. The van der Waals surface area contributed by atoms with Crippen LogP contribution in [0.5, 0.6) is 0 Å². The monoisotopic (exact) mass is 251 g/mol. The van der Waals surface area contributed by atoms with Crippen molar-refractivity contribution in [2.24, 2.45) is 0 Å². The first-order chi connectivity index (χ1) is 8.40. The summed E-state index contributed by atoms with van der Waals surface area (Å²) in [7, 11) is 0. The molecule has 0 spiro atoms. The van der Waals surface area contributed by atoms with Gasteiger partial charge < -0.3 is 15.3 Å². The SMILES string of the molecule is Cc1cncc(NC(=O)N(CC(=O)O)C(C)C)c1. The number of hydrogen-bond donors (Lipinski definition) is 2. The first kappa shape index (κ1) is 14.0. The summed E-state index contributed by atoms with van der Waals surface area (Å²) in [6.45, 7) is 5.05. The molecule has 6 heteroatoms. The van der Waals surface area contributed by atoms with Crippen LogP contribution >= 0.6 is 0 Å². The molecule has 0 aliphatic rings. The summed E-state index contributed by atoms with van der Waals surface area (Å²) < 4.78 is 0. The Labute approximate surface area is 106 Å². The Balaban J connectivity index is 2.75. The first-order valence-electron chi connectivity index (χ1n) is 5.61. The van der Waals surface area contributed by atoms with Gasteiger partial charge in [-0.15, -0.1) is 0 Å². The van der Waals surface area contributed by atoms with Crippen molar-refractivity contribution in [1.82, 2.24) is 9.88 Å². The Kier molecular flexibility index (Phi) is 4.65. The molecule has 2 amide bonds. The van der Waals surface area contributed by atoms with Crippen LogP contribution in [0.2, 0.25) is 0 Å². The maximum Gasteiger partial charge on any atom is 0.323 e. The van der Waals surface area contributed by atoms with Crippen LogP contribution in [0.3, 0.4) is 0 Å². The van der Waals surface area contributed by atoms with Crippen molar-refractivity contribution < 1.29 is 14.7 Å². The molecule has 0 aliphatic heterocycles. The van der Waals surface area contributed by atoms with E-state index in [1.165, 1.54) is 11.1 Å². The van der Waals surface area contributed by atoms with Crippen LogP contribution in [0.15, 0.2) is 18.5 Å². The lowest BCUT2D eigenvalue weighted by atomic mass is 10.3. The van der Waals surface area contributed by atoms with E-state index >= 15 is 0 Å². The fourth-order valence-corrected chi connectivity index (χ4v) is 1.45. The van der Waals surface area contributed by atoms with Crippen LogP contribution in [0, 0.1) is 6.92 Å². The number of carboxylic acids is 1. The molecule has 1 aromatic rings. The number of nitrogens with one attached hydrogen (secondary N) is 1. The van der Waals surface area contributed by atoms with Crippen LogP contribution in [-0.4, -0.2) is 39.6 Å². The average Bonchev–Trinajstić information content (AvgIpc) is 2.25. The third-order valence-corrected chi connectivity index (χ3v) is 2.32. The number of aliphatic carboxylic acids is 1. The normalized spacial score (nSPS) is 10.2. The number of anilines is 1. The number of hydrogen-bond acceptors (Lipinski definition) is 3. The van der Waals surface area contributed by atoms with Gasteiger partial charge in [0, 0.05) is 12.2 Å². The van der Waals surface area contributed by atoms with Crippen LogP contribution in [-0.2, 0) is 4.79 Å². The van der Waals surface area contributed by atoms with Gasteiger partial charge in [-0.2, -0.15) is 0 Å². The van der Waals surface area contributed by atoms with Gasteiger partial charge in [0.15, 0.2) is 0 Å². The van der Waals surface area contributed by atoms with Gasteiger partial charge in [-0.3, -0.25) is 9.78 Å². The Morgan fingerprint density at radius 2 is 2.11 bits per heavy atom. The van der Waals surface area contributed by atoms with Crippen molar-refractivity contribution in [3.05, 3.63) is 24.0 Å². The Morgan fingerprint density at radius 1 is 1.44 bits per heavy atom. The van der Waals surface area contributed by atoms with E-state index in [4.69, 9.17) is 5.11 Å². The van der Waals surface area contributed by atoms with E-state index in [1.54, 1.807) is 26.1 Å². The van der Waals surface area contributed by atoms with Crippen molar-refractivity contribution in [2.45, 2.75) is 26.8 Å². The standard InChI is InChI=1S/C12H17N3O3/c1-8(2)15(7-11(16)17)12(18)14-10-4-9(3)5-13-6-10/h4-6,8H,7H2,1-3H3,(H,14,18)(H,16,17). The smallest absolute Gasteiger partial charge is 0.323 e. The van der Waals surface area contributed by atoms with E-state index < -0.39 is 12.0 Å². The second kappa shape index (κ2) is 6.00. The number of aryl methyl sites for hydroxylation is 1. The molecule has 0 saturated carbocycles. The molecule has 0 radical (unpaired) electrons. The van der Waals surface area contributed by atoms with Crippen LogP contribution in [0.1, 0.15) is 19.4 Å². The molecule has 0 saturated heterocycles. The molecule has 98 valence electrons. The van der Waals surface area contributed by atoms with Crippen LogP contribution in [0.4, 0.5) is 10.5 Å². The molecule has 18 heavy (non-hydrogen) atoms. The van der Waals surface area contributed by atoms with E-state index in [9.17, 15) is 9.59 Å². The summed E-state index contributed by atoms with van der Waals surface area (Å²) in [5, 5.41) is 11.4. The molecule has 6 nitrogen and oxygen atoms in total. The summed E-state index contributed by atoms with van der Waals surface area (Å²) in [4.78, 5) is 27.8. The van der Waals surface area contributed by atoms with Crippen molar-refractivity contribution >= 4 is 17.7 Å². The van der Waals surface area contributed by atoms with Crippen molar-refractivity contribution in [1.29, 1.82) is 0 Å². The highest BCUT2D eigenvalue weighted by Gasteiger charge is 2.19. The lowest BCUT2D eigenvalue weighted by Gasteiger charge is -2.25. The fraction of sp³-hybridized carbons (Fsp3) is 0.417. The molecule has 1 rings (SSSR count). The van der Waals surface area contributed by atoms with Gasteiger partial charge in [-0.1, -0.05) is 0 Å². The number of rotatable bonds is 4. The Morgan fingerprint density at radius 3 is 2.61 bits per heavy atom. The van der Waals surface area contributed by atoms with E-state index in [1.807, 2.05) is 6.92 Å². The van der Waals surface area contributed by atoms with Crippen molar-refractivity contribution in [3.8, 4) is 0 Å². The van der Waals surface area contributed by atoms with Gasteiger partial charge in [0.2, 0.25) is 0 Å². The zero-order chi connectivity index (χ0) is 13.7. The van der Waals surface area contributed by atoms with Gasteiger partial charge in [0.05, 0.1) is 11.9 Å². The second-order valence-corrected chi connectivity index (χ2v) is 4.30. The maximum atomic E-state index is 11.9. The zero-order valence-corrected chi connectivity index (χ0v) is 10.7. The van der Waals surface area contributed by atoms with Gasteiger partial charge >= 0.3 is 12.0 Å². The predicted octanol–water partition coefficient (Wildman–Crippen LogP) is 1.72. The fourth-order valence-electron chi connectivity index (χ4n) is 1.45. The first-order valence-corrected chi connectivity index (χ1v) is 5.61. The van der Waals surface area contributed by atoms with Gasteiger partial charge in [-0.05, 0) is 32.4 Å². The molecule has 0 fully saturated rings. The zero-order valence-electron chi connectivity index (χ0n) is 10.7. The van der Waals surface area contributed by atoms with E-state index in [0.717, 1.165) is 5.56 Å². The quantitative estimate of drug-likeness (QED) is 0.853. The lowest BCUT2D eigenvalue weighted by Crippen LogP contribution is -2.43.